The molecule has 0 fully saturated rings. The molecule has 0 atom stereocenters. The molecule has 1 nitrogen and oxygen atoms in total. The van der Waals surface area contributed by atoms with Gasteiger partial charge in [0.15, 0.2) is 0 Å². The molecule has 168 valence electrons. The average molecular weight is 421 g/mol. The van der Waals surface area contributed by atoms with Crippen LogP contribution in [0.3, 0.4) is 0 Å². The predicted molar refractivity (Wildman–Crippen MR) is 134 cm³/mol. The molecule has 0 aliphatic carbocycles. The van der Waals surface area contributed by atoms with Crippen molar-refractivity contribution in [3.63, 3.8) is 0 Å². The van der Waals surface area contributed by atoms with E-state index in [1.807, 2.05) is 0 Å². The van der Waals surface area contributed by atoms with Crippen LogP contribution in [0.1, 0.15) is 134 Å². The standard InChI is InChI=1S/C27H48OS/c1-6-8-10-12-14-16-18-22-20-25(27(3,4)5)26(28)23(24(22)21-29)19-17-15-13-11-9-7-2/h20,28-29H,6-19,21H2,1-5H3. The first-order valence-electron chi connectivity index (χ1n) is 12.3. The lowest BCUT2D eigenvalue weighted by atomic mass is 9.81. The second-order valence-corrected chi connectivity index (χ2v) is 10.1. The minimum Gasteiger partial charge on any atom is -0.507 e. The summed E-state index contributed by atoms with van der Waals surface area (Å²) in [5.74, 6) is 1.27. The highest BCUT2D eigenvalue weighted by Gasteiger charge is 2.24. The van der Waals surface area contributed by atoms with Crippen LogP contribution in [0.4, 0.5) is 0 Å². The molecule has 0 spiro atoms. The van der Waals surface area contributed by atoms with Gasteiger partial charge in [-0.1, -0.05) is 105 Å². The Morgan fingerprint density at radius 1 is 0.724 bits per heavy atom. The zero-order chi connectivity index (χ0) is 21.7. The van der Waals surface area contributed by atoms with Crippen molar-refractivity contribution >= 4 is 12.6 Å². The topological polar surface area (TPSA) is 20.2 Å². The van der Waals surface area contributed by atoms with Gasteiger partial charge in [0.05, 0.1) is 0 Å². The molecule has 0 heterocycles. The second kappa shape index (κ2) is 14.4. The van der Waals surface area contributed by atoms with E-state index in [0.29, 0.717) is 5.75 Å². The van der Waals surface area contributed by atoms with Crippen molar-refractivity contribution in [3.05, 3.63) is 28.3 Å². The van der Waals surface area contributed by atoms with Gasteiger partial charge in [-0.15, -0.1) is 0 Å². The van der Waals surface area contributed by atoms with E-state index in [0.717, 1.165) is 24.2 Å². The van der Waals surface area contributed by atoms with E-state index in [4.69, 9.17) is 0 Å². The minimum absolute atomic E-state index is 0.0367. The van der Waals surface area contributed by atoms with E-state index < -0.39 is 0 Å². The molecule has 0 bridgehead atoms. The van der Waals surface area contributed by atoms with Gasteiger partial charge in [-0.2, -0.15) is 12.6 Å². The van der Waals surface area contributed by atoms with Crippen molar-refractivity contribution in [2.24, 2.45) is 0 Å². The summed E-state index contributed by atoms with van der Waals surface area (Å²) < 4.78 is 0. The highest BCUT2D eigenvalue weighted by Crippen LogP contribution is 2.39. The first kappa shape index (κ1) is 26.4. The van der Waals surface area contributed by atoms with Crippen molar-refractivity contribution in [3.8, 4) is 5.75 Å². The summed E-state index contributed by atoms with van der Waals surface area (Å²) in [6.45, 7) is 11.2. The predicted octanol–water partition coefficient (Wildman–Crippen LogP) is 8.93. The van der Waals surface area contributed by atoms with E-state index in [1.165, 1.54) is 93.7 Å². The third-order valence-corrected chi connectivity index (χ3v) is 6.47. The van der Waals surface area contributed by atoms with Crippen LogP contribution in [-0.4, -0.2) is 5.11 Å². The fourth-order valence-corrected chi connectivity index (χ4v) is 4.66. The number of phenols is 1. The van der Waals surface area contributed by atoms with Crippen molar-refractivity contribution < 1.29 is 5.11 Å². The molecule has 0 saturated carbocycles. The number of unbranched alkanes of at least 4 members (excludes halogenated alkanes) is 10. The monoisotopic (exact) mass is 420 g/mol. The summed E-state index contributed by atoms with van der Waals surface area (Å²) in [6.07, 6.45) is 17.8. The maximum atomic E-state index is 11.1. The van der Waals surface area contributed by atoms with Gasteiger partial charge in [0.2, 0.25) is 0 Å². The number of rotatable bonds is 15. The van der Waals surface area contributed by atoms with Crippen LogP contribution < -0.4 is 0 Å². The number of aromatic hydroxyl groups is 1. The molecule has 1 N–H and O–H groups in total. The lowest BCUT2D eigenvalue weighted by Gasteiger charge is -2.26. The number of thiol groups is 1. The second-order valence-electron chi connectivity index (χ2n) is 9.83. The third kappa shape index (κ3) is 9.37. The van der Waals surface area contributed by atoms with E-state index in [1.54, 1.807) is 0 Å². The summed E-state index contributed by atoms with van der Waals surface area (Å²) in [5, 5.41) is 11.1. The number of benzene rings is 1. The Hall–Kier alpha value is -0.630. The molecule has 0 saturated heterocycles. The van der Waals surface area contributed by atoms with Crippen molar-refractivity contribution in [2.75, 3.05) is 0 Å². The first-order chi connectivity index (χ1) is 13.9. The Balaban J connectivity index is 2.92. The normalized spacial score (nSPS) is 11.9. The minimum atomic E-state index is -0.0367. The van der Waals surface area contributed by atoms with E-state index in [-0.39, 0.29) is 5.41 Å². The molecule has 0 aliphatic rings. The molecule has 0 aliphatic heterocycles. The van der Waals surface area contributed by atoms with E-state index in [9.17, 15) is 5.11 Å². The van der Waals surface area contributed by atoms with Gasteiger partial charge in [0, 0.05) is 5.75 Å². The van der Waals surface area contributed by atoms with Crippen LogP contribution in [0.5, 0.6) is 5.75 Å². The Bertz CT molecular complexity index is 571. The van der Waals surface area contributed by atoms with Gasteiger partial charge < -0.3 is 5.11 Å². The van der Waals surface area contributed by atoms with Crippen LogP contribution >= 0.6 is 12.6 Å². The number of phenolic OH excluding ortho intramolecular Hbond substituents is 1. The van der Waals surface area contributed by atoms with Crippen LogP contribution in [0.15, 0.2) is 6.07 Å². The molecule has 1 aromatic carbocycles. The van der Waals surface area contributed by atoms with Gasteiger partial charge >= 0.3 is 0 Å². The molecule has 1 aromatic rings. The number of hydrogen-bond donors (Lipinski definition) is 2. The molecule has 0 amide bonds. The first-order valence-corrected chi connectivity index (χ1v) is 13.0. The molecule has 0 aromatic heterocycles. The maximum Gasteiger partial charge on any atom is 0.122 e. The summed E-state index contributed by atoms with van der Waals surface area (Å²) >= 11 is 4.67. The van der Waals surface area contributed by atoms with Crippen LogP contribution in [0.2, 0.25) is 0 Å². The zero-order valence-corrected chi connectivity index (χ0v) is 21.0. The number of hydrogen-bond acceptors (Lipinski definition) is 2. The van der Waals surface area contributed by atoms with Gasteiger partial charge in [-0.3, -0.25) is 0 Å². The van der Waals surface area contributed by atoms with Crippen LogP contribution in [0, 0.1) is 0 Å². The highest BCUT2D eigenvalue weighted by molar-refractivity contribution is 7.79. The van der Waals surface area contributed by atoms with Crippen molar-refractivity contribution in [1.29, 1.82) is 0 Å². The highest BCUT2D eigenvalue weighted by atomic mass is 32.1. The van der Waals surface area contributed by atoms with Gasteiger partial charge in [0.25, 0.3) is 0 Å². The summed E-state index contributed by atoms with van der Waals surface area (Å²) in [5.41, 5.74) is 5.00. The Morgan fingerprint density at radius 2 is 1.21 bits per heavy atom. The van der Waals surface area contributed by atoms with Gasteiger partial charge in [-0.25, -0.2) is 0 Å². The maximum absolute atomic E-state index is 11.1. The van der Waals surface area contributed by atoms with Gasteiger partial charge in [0.1, 0.15) is 5.75 Å². The van der Waals surface area contributed by atoms with E-state index in [2.05, 4.69) is 53.3 Å². The molecular weight excluding hydrogens is 372 g/mol. The Labute approximate surface area is 187 Å². The largest absolute Gasteiger partial charge is 0.507 e. The molecule has 1 rings (SSSR count). The molecule has 29 heavy (non-hydrogen) atoms. The van der Waals surface area contributed by atoms with Crippen molar-refractivity contribution in [1.82, 2.24) is 0 Å². The average Bonchev–Trinajstić information content (AvgIpc) is 2.67. The smallest absolute Gasteiger partial charge is 0.122 e. The third-order valence-electron chi connectivity index (χ3n) is 6.16. The van der Waals surface area contributed by atoms with Crippen LogP contribution in [0.25, 0.3) is 0 Å². The fraction of sp³-hybridized carbons (Fsp3) is 0.778. The summed E-state index contributed by atoms with van der Waals surface area (Å²) in [7, 11) is 0. The van der Waals surface area contributed by atoms with Crippen molar-refractivity contribution in [2.45, 2.75) is 136 Å². The molecule has 0 unspecified atom stereocenters. The molecule has 2 heteroatoms. The fourth-order valence-electron chi connectivity index (χ4n) is 4.27. The van der Waals surface area contributed by atoms with E-state index >= 15 is 0 Å². The lowest BCUT2D eigenvalue weighted by Crippen LogP contribution is -2.15. The SMILES string of the molecule is CCCCCCCCc1cc(C(C)(C)C)c(O)c(CCCCCCCC)c1CS. The molecule has 0 radical (unpaired) electrons. The van der Waals surface area contributed by atoms with Gasteiger partial charge in [-0.05, 0) is 53.4 Å². The molecular formula is C27H48OS. The quantitative estimate of drug-likeness (QED) is 0.214. The Kier molecular flexibility index (Phi) is 13.1. The lowest BCUT2D eigenvalue weighted by molar-refractivity contribution is 0.437. The van der Waals surface area contributed by atoms with Crippen LogP contribution in [-0.2, 0) is 24.0 Å². The Morgan fingerprint density at radius 3 is 1.69 bits per heavy atom. The zero-order valence-electron chi connectivity index (χ0n) is 20.1. The summed E-state index contributed by atoms with van der Waals surface area (Å²) in [4.78, 5) is 0. The summed E-state index contributed by atoms with van der Waals surface area (Å²) in [6, 6.07) is 2.29. The number of aryl methyl sites for hydroxylation is 1.